The summed E-state index contributed by atoms with van der Waals surface area (Å²) in [5.41, 5.74) is 0. The van der Waals surface area contributed by atoms with Crippen molar-refractivity contribution in [3.8, 4) is 0 Å². The van der Waals surface area contributed by atoms with Gasteiger partial charge < -0.3 is 10.0 Å². The number of carboxylic acid groups (broad SMARTS) is 1. The Bertz CT molecular complexity index is 205. The highest BCUT2D eigenvalue weighted by atomic mass is 16.4. The van der Waals surface area contributed by atoms with Gasteiger partial charge in [0.15, 0.2) is 0 Å². The molecule has 2 rings (SSSR count). The van der Waals surface area contributed by atoms with E-state index in [-0.39, 0.29) is 0 Å². The first-order valence-corrected chi connectivity index (χ1v) is 5.25. The van der Waals surface area contributed by atoms with Gasteiger partial charge in [-0.3, -0.25) is 0 Å². The molecule has 2 fully saturated rings. The summed E-state index contributed by atoms with van der Waals surface area (Å²) >= 11 is 0. The zero-order chi connectivity index (χ0) is 9.26. The number of carbonyl (C=O) groups is 1. The molecule has 0 aromatic carbocycles. The molecular formula is C10H17NO2. The smallest absolute Gasteiger partial charge is 0.407 e. The Kier molecular flexibility index (Phi) is 2.42. The number of hydrogen-bond donors (Lipinski definition) is 1. The Hall–Kier alpha value is -0.730. The maximum absolute atomic E-state index is 10.8. The molecule has 2 aliphatic rings. The molecule has 1 amide bonds. The van der Waals surface area contributed by atoms with E-state index in [4.69, 9.17) is 5.11 Å². The van der Waals surface area contributed by atoms with Crippen LogP contribution in [-0.4, -0.2) is 29.2 Å². The van der Waals surface area contributed by atoms with E-state index >= 15 is 0 Å². The minimum Gasteiger partial charge on any atom is -0.465 e. The highest BCUT2D eigenvalue weighted by Gasteiger charge is 2.32. The number of amides is 1. The van der Waals surface area contributed by atoms with Gasteiger partial charge in [-0.2, -0.15) is 0 Å². The van der Waals surface area contributed by atoms with Crippen LogP contribution in [0.3, 0.4) is 0 Å². The molecule has 13 heavy (non-hydrogen) atoms. The quantitative estimate of drug-likeness (QED) is 0.625. The molecule has 1 saturated carbocycles. The largest absolute Gasteiger partial charge is 0.465 e. The lowest BCUT2D eigenvalue weighted by Gasteiger charge is -2.40. The van der Waals surface area contributed by atoms with Crippen LogP contribution in [0.4, 0.5) is 4.79 Å². The first-order chi connectivity index (χ1) is 6.27. The average Bonchev–Trinajstić information content (AvgIpc) is 2.17. The lowest BCUT2D eigenvalue weighted by molar-refractivity contribution is 0.0775. The topological polar surface area (TPSA) is 40.5 Å². The van der Waals surface area contributed by atoms with Gasteiger partial charge in [-0.25, -0.2) is 4.79 Å². The monoisotopic (exact) mass is 183 g/mol. The van der Waals surface area contributed by atoms with Crippen LogP contribution >= 0.6 is 0 Å². The molecule has 2 atom stereocenters. The lowest BCUT2D eigenvalue weighted by Crippen LogP contribution is -2.44. The molecule has 0 unspecified atom stereocenters. The van der Waals surface area contributed by atoms with Gasteiger partial charge in [-0.05, 0) is 24.7 Å². The van der Waals surface area contributed by atoms with Crippen molar-refractivity contribution in [2.24, 2.45) is 11.8 Å². The second-order valence-electron chi connectivity index (χ2n) is 4.32. The van der Waals surface area contributed by atoms with E-state index in [9.17, 15) is 4.79 Å². The zero-order valence-electron chi connectivity index (χ0n) is 7.91. The fraction of sp³-hybridized carbons (Fsp3) is 0.900. The van der Waals surface area contributed by atoms with Gasteiger partial charge in [0.1, 0.15) is 0 Å². The molecule has 74 valence electrons. The molecular weight excluding hydrogens is 166 g/mol. The number of piperidine rings is 1. The standard InChI is InChI=1S/C10H17NO2/c12-10(13)11-6-5-8-3-1-2-4-9(8)7-11/h8-9H,1-7H2,(H,12,13)/t8-,9-/m0/s1. The van der Waals surface area contributed by atoms with Crippen LogP contribution in [0.1, 0.15) is 32.1 Å². The predicted octanol–water partition coefficient (Wildman–Crippen LogP) is 2.18. The van der Waals surface area contributed by atoms with Crippen LogP contribution in [0.15, 0.2) is 0 Å². The van der Waals surface area contributed by atoms with Gasteiger partial charge in [0.05, 0.1) is 0 Å². The number of nitrogens with zero attached hydrogens (tertiary/aromatic N) is 1. The fourth-order valence-electron chi connectivity index (χ4n) is 2.77. The first-order valence-electron chi connectivity index (χ1n) is 5.25. The summed E-state index contributed by atoms with van der Waals surface area (Å²) < 4.78 is 0. The Labute approximate surface area is 78.7 Å². The van der Waals surface area contributed by atoms with Crippen molar-refractivity contribution in [3.63, 3.8) is 0 Å². The second-order valence-corrected chi connectivity index (χ2v) is 4.32. The van der Waals surface area contributed by atoms with Crippen molar-refractivity contribution in [2.45, 2.75) is 32.1 Å². The molecule has 1 heterocycles. The third-order valence-electron chi connectivity index (χ3n) is 3.56. The number of likely N-dealkylation sites (tertiary alicyclic amines) is 1. The van der Waals surface area contributed by atoms with E-state index in [0.29, 0.717) is 5.92 Å². The van der Waals surface area contributed by atoms with Gasteiger partial charge in [0.2, 0.25) is 0 Å². The van der Waals surface area contributed by atoms with Crippen molar-refractivity contribution in [1.29, 1.82) is 0 Å². The Morgan fingerprint density at radius 1 is 1.15 bits per heavy atom. The third-order valence-corrected chi connectivity index (χ3v) is 3.56. The Morgan fingerprint density at radius 3 is 2.54 bits per heavy atom. The number of rotatable bonds is 0. The fourth-order valence-corrected chi connectivity index (χ4v) is 2.77. The minimum atomic E-state index is -0.732. The highest BCUT2D eigenvalue weighted by molar-refractivity contribution is 5.65. The number of fused-ring (bicyclic) bond motifs is 1. The summed E-state index contributed by atoms with van der Waals surface area (Å²) in [5.74, 6) is 1.49. The van der Waals surface area contributed by atoms with Gasteiger partial charge in [0, 0.05) is 13.1 Å². The predicted molar refractivity (Wildman–Crippen MR) is 49.7 cm³/mol. The molecule has 0 radical (unpaired) electrons. The van der Waals surface area contributed by atoms with E-state index < -0.39 is 6.09 Å². The average molecular weight is 183 g/mol. The summed E-state index contributed by atoms with van der Waals surface area (Å²) in [5, 5.41) is 8.85. The van der Waals surface area contributed by atoms with Crippen molar-refractivity contribution in [1.82, 2.24) is 4.90 Å². The molecule has 0 spiro atoms. The normalized spacial score (nSPS) is 34.0. The summed E-state index contributed by atoms with van der Waals surface area (Å²) in [4.78, 5) is 12.3. The van der Waals surface area contributed by atoms with Gasteiger partial charge in [-0.1, -0.05) is 19.3 Å². The maximum atomic E-state index is 10.8. The molecule has 3 nitrogen and oxygen atoms in total. The van der Waals surface area contributed by atoms with E-state index in [0.717, 1.165) is 25.4 Å². The molecule has 1 aliphatic carbocycles. The Balaban J connectivity index is 1.95. The van der Waals surface area contributed by atoms with Crippen LogP contribution < -0.4 is 0 Å². The summed E-state index contributed by atoms with van der Waals surface area (Å²) in [6.07, 6.45) is 5.59. The molecule has 0 bridgehead atoms. The van der Waals surface area contributed by atoms with Crippen LogP contribution in [0.25, 0.3) is 0 Å². The SMILES string of the molecule is O=C(O)N1CC[C@@H]2CCCC[C@H]2C1. The number of hydrogen-bond acceptors (Lipinski definition) is 1. The minimum absolute atomic E-state index is 0.665. The molecule has 0 aromatic rings. The van der Waals surface area contributed by atoms with Crippen LogP contribution in [-0.2, 0) is 0 Å². The van der Waals surface area contributed by atoms with E-state index in [1.165, 1.54) is 25.7 Å². The van der Waals surface area contributed by atoms with Gasteiger partial charge in [-0.15, -0.1) is 0 Å². The van der Waals surface area contributed by atoms with Crippen molar-refractivity contribution < 1.29 is 9.90 Å². The maximum Gasteiger partial charge on any atom is 0.407 e. The van der Waals surface area contributed by atoms with Gasteiger partial charge >= 0.3 is 6.09 Å². The van der Waals surface area contributed by atoms with Crippen LogP contribution in [0.5, 0.6) is 0 Å². The summed E-state index contributed by atoms with van der Waals surface area (Å²) in [6, 6.07) is 0. The zero-order valence-corrected chi connectivity index (χ0v) is 7.91. The molecule has 1 aliphatic heterocycles. The van der Waals surface area contributed by atoms with Crippen molar-refractivity contribution >= 4 is 6.09 Å². The van der Waals surface area contributed by atoms with Crippen molar-refractivity contribution in [3.05, 3.63) is 0 Å². The highest BCUT2D eigenvalue weighted by Crippen LogP contribution is 2.35. The lowest BCUT2D eigenvalue weighted by atomic mass is 9.75. The molecule has 0 aromatic heterocycles. The first kappa shape index (κ1) is 8.85. The molecule has 1 N–H and O–H groups in total. The molecule has 1 saturated heterocycles. The van der Waals surface area contributed by atoms with Gasteiger partial charge in [0.25, 0.3) is 0 Å². The van der Waals surface area contributed by atoms with E-state index in [1.807, 2.05) is 0 Å². The summed E-state index contributed by atoms with van der Waals surface area (Å²) in [7, 11) is 0. The van der Waals surface area contributed by atoms with Crippen LogP contribution in [0.2, 0.25) is 0 Å². The summed E-state index contributed by atoms with van der Waals surface area (Å²) in [6.45, 7) is 1.55. The van der Waals surface area contributed by atoms with Crippen LogP contribution in [0, 0.1) is 11.8 Å². The Morgan fingerprint density at radius 2 is 1.85 bits per heavy atom. The van der Waals surface area contributed by atoms with E-state index in [2.05, 4.69) is 0 Å². The second kappa shape index (κ2) is 3.56. The molecule has 3 heteroatoms. The van der Waals surface area contributed by atoms with E-state index in [1.54, 1.807) is 4.90 Å². The third kappa shape index (κ3) is 1.79. The van der Waals surface area contributed by atoms with Crippen molar-refractivity contribution in [2.75, 3.05) is 13.1 Å².